The second-order valence-electron chi connectivity index (χ2n) is 7.28. The zero-order chi connectivity index (χ0) is 20.4. The van der Waals surface area contributed by atoms with Crippen LogP contribution in [0.3, 0.4) is 0 Å². The Labute approximate surface area is 173 Å². The predicted octanol–water partition coefficient (Wildman–Crippen LogP) is 4.30. The number of amides is 1. The maximum atomic E-state index is 13.2. The number of halogens is 1. The van der Waals surface area contributed by atoms with Crippen LogP contribution in [0.5, 0.6) is 0 Å². The van der Waals surface area contributed by atoms with Crippen molar-refractivity contribution in [1.29, 1.82) is 0 Å². The minimum atomic E-state index is -0.312. The standard InChI is InChI=1S/C22H23FN4OS/c1-14(21(28)24-19-9-5-7-15-6-3-4-8-18(15)19)29-22-26-25-20(27(22)2)16-10-12-17(23)13-11-16/h3-4,6,8,10-14,19H,5,7,9H2,1-2H3,(H,24,28)/t14-,19-/m0/s1. The van der Waals surface area contributed by atoms with Gasteiger partial charge in [-0.25, -0.2) is 4.39 Å². The Morgan fingerprint density at radius 2 is 1.97 bits per heavy atom. The minimum absolute atomic E-state index is 0.0111. The number of hydrogen-bond acceptors (Lipinski definition) is 4. The maximum absolute atomic E-state index is 13.2. The third-order valence-electron chi connectivity index (χ3n) is 5.27. The van der Waals surface area contributed by atoms with Crippen LogP contribution in [0.15, 0.2) is 53.7 Å². The summed E-state index contributed by atoms with van der Waals surface area (Å²) in [6, 6.07) is 14.5. The van der Waals surface area contributed by atoms with Crippen LogP contribution < -0.4 is 5.32 Å². The number of thioether (sulfide) groups is 1. The van der Waals surface area contributed by atoms with E-state index in [4.69, 9.17) is 0 Å². The predicted molar refractivity (Wildman–Crippen MR) is 112 cm³/mol. The lowest BCUT2D eigenvalue weighted by Gasteiger charge is -2.27. The van der Waals surface area contributed by atoms with Crippen molar-refractivity contribution in [2.24, 2.45) is 7.05 Å². The van der Waals surface area contributed by atoms with Crippen molar-refractivity contribution in [3.05, 3.63) is 65.5 Å². The van der Waals surface area contributed by atoms with Crippen LogP contribution in [-0.2, 0) is 18.3 Å². The highest BCUT2D eigenvalue weighted by atomic mass is 32.2. The molecule has 1 aliphatic rings. The van der Waals surface area contributed by atoms with E-state index in [9.17, 15) is 9.18 Å². The molecule has 0 aliphatic heterocycles. The number of rotatable bonds is 5. The fraction of sp³-hybridized carbons (Fsp3) is 0.318. The van der Waals surface area contributed by atoms with Gasteiger partial charge in [0.1, 0.15) is 5.82 Å². The van der Waals surface area contributed by atoms with Crippen LogP contribution >= 0.6 is 11.8 Å². The fourth-order valence-electron chi connectivity index (χ4n) is 3.67. The molecule has 7 heteroatoms. The van der Waals surface area contributed by atoms with E-state index in [2.05, 4.69) is 27.6 Å². The van der Waals surface area contributed by atoms with Crippen LogP contribution in [0.1, 0.15) is 36.9 Å². The average Bonchev–Trinajstić information content (AvgIpc) is 3.09. The van der Waals surface area contributed by atoms with Crippen molar-refractivity contribution in [3.8, 4) is 11.4 Å². The quantitative estimate of drug-likeness (QED) is 0.638. The number of fused-ring (bicyclic) bond motifs is 1. The van der Waals surface area contributed by atoms with Gasteiger partial charge in [-0.1, -0.05) is 36.0 Å². The number of carbonyl (C=O) groups is 1. The molecule has 0 bridgehead atoms. The summed E-state index contributed by atoms with van der Waals surface area (Å²) in [6.45, 7) is 1.88. The van der Waals surface area contributed by atoms with Crippen molar-refractivity contribution < 1.29 is 9.18 Å². The Bertz CT molecular complexity index is 1020. The first kappa shape index (κ1) is 19.6. The summed E-state index contributed by atoms with van der Waals surface area (Å²) in [6.07, 6.45) is 3.10. The van der Waals surface area contributed by atoms with Crippen molar-refractivity contribution in [2.45, 2.75) is 42.6 Å². The summed E-state index contributed by atoms with van der Waals surface area (Å²) in [5.74, 6) is 0.337. The van der Waals surface area contributed by atoms with Crippen molar-refractivity contribution in [1.82, 2.24) is 20.1 Å². The molecule has 5 nitrogen and oxygen atoms in total. The van der Waals surface area contributed by atoms with E-state index in [0.29, 0.717) is 11.0 Å². The topological polar surface area (TPSA) is 59.8 Å². The molecule has 2 aromatic carbocycles. The smallest absolute Gasteiger partial charge is 0.233 e. The number of nitrogens with zero attached hydrogens (tertiary/aromatic N) is 3. The zero-order valence-electron chi connectivity index (χ0n) is 16.4. The first-order valence-corrected chi connectivity index (χ1v) is 10.6. The molecule has 0 spiro atoms. The lowest BCUT2D eigenvalue weighted by Crippen LogP contribution is -2.36. The molecule has 1 heterocycles. The third kappa shape index (κ3) is 4.19. The highest BCUT2D eigenvalue weighted by Gasteiger charge is 2.25. The fourth-order valence-corrected chi connectivity index (χ4v) is 4.50. The van der Waals surface area contributed by atoms with E-state index in [1.165, 1.54) is 35.0 Å². The molecular weight excluding hydrogens is 387 g/mol. The molecule has 2 atom stereocenters. The van der Waals surface area contributed by atoms with E-state index in [-0.39, 0.29) is 23.0 Å². The molecule has 150 valence electrons. The van der Waals surface area contributed by atoms with Gasteiger partial charge < -0.3 is 9.88 Å². The van der Waals surface area contributed by atoms with Gasteiger partial charge in [0.25, 0.3) is 0 Å². The maximum Gasteiger partial charge on any atom is 0.233 e. The summed E-state index contributed by atoms with van der Waals surface area (Å²) in [5, 5.41) is 12.0. The zero-order valence-corrected chi connectivity index (χ0v) is 17.2. The van der Waals surface area contributed by atoms with Gasteiger partial charge >= 0.3 is 0 Å². The average molecular weight is 411 g/mol. The highest BCUT2D eigenvalue weighted by Crippen LogP contribution is 2.31. The SMILES string of the molecule is C[C@H](Sc1nnc(-c2ccc(F)cc2)n1C)C(=O)N[C@H]1CCCc2ccccc21. The number of aromatic nitrogens is 3. The van der Waals surface area contributed by atoms with Crippen LogP contribution in [0, 0.1) is 5.82 Å². The van der Waals surface area contributed by atoms with E-state index >= 15 is 0 Å². The summed E-state index contributed by atoms with van der Waals surface area (Å²) in [7, 11) is 1.85. The van der Waals surface area contributed by atoms with Crippen LogP contribution in [0.2, 0.25) is 0 Å². The Hall–Kier alpha value is -2.67. The van der Waals surface area contributed by atoms with Crippen molar-refractivity contribution in [3.63, 3.8) is 0 Å². The van der Waals surface area contributed by atoms with Crippen LogP contribution in [0.4, 0.5) is 4.39 Å². The van der Waals surface area contributed by atoms with Gasteiger partial charge in [-0.3, -0.25) is 4.79 Å². The number of hydrogen-bond donors (Lipinski definition) is 1. The molecule has 1 aliphatic carbocycles. The van der Waals surface area contributed by atoms with Gasteiger partial charge in [0.2, 0.25) is 5.91 Å². The molecule has 1 amide bonds. The number of carbonyl (C=O) groups excluding carboxylic acids is 1. The largest absolute Gasteiger partial charge is 0.348 e. The van der Waals surface area contributed by atoms with E-state index < -0.39 is 0 Å². The number of benzene rings is 2. The molecule has 1 aromatic heterocycles. The normalized spacial score (nSPS) is 16.9. The van der Waals surface area contributed by atoms with Gasteiger partial charge in [0.05, 0.1) is 11.3 Å². The summed E-state index contributed by atoms with van der Waals surface area (Å²) in [5.41, 5.74) is 3.33. The Balaban J connectivity index is 1.44. The number of nitrogens with one attached hydrogen (secondary N) is 1. The van der Waals surface area contributed by atoms with Gasteiger partial charge in [-0.2, -0.15) is 0 Å². The summed E-state index contributed by atoms with van der Waals surface area (Å²) >= 11 is 1.37. The van der Waals surface area contributed by atoms with Crippen LogP contribution in [0.25, 0.3) is 11.4 Å². The van der Waals surface area contributed by atoms with Crippen molar-refractivity contribution >= 4 is 17.7 Å². The Morgan fingerprint density at radius 1 is 1.21 bits per heavy atom. The Morgan fingerprint density at radius 3 is 2.76 bits per heavy atom. The van der Waals surface area contributed by atoms with E-state index in [0.717, 1.165) is 24.8 Å². The molecule has 0 unspecified atom stereocenters. The summed E-state index contributed by atoms with van der Waals surface area (Å²) in [4.78, 5) is 12.8. The van der Waals surface area contributed by atoms with E-state index in [1.54, 1.807) is 12.1 Å². The molecular formula is C22H23FN4OS. The first-order valence-electron chi connectivity index (χ1n) is 9.73. The van der Waals surface area contributed by atoms with E-state index in [1.807, 2.05) is 30.7 Å². The molecule has 0 fully saturated rings. The molecule has 29 heavy (non-hydrogen) atoms. The van der Waals surface area contributed by atoms with Gasteiger partial charge in [-0.05, 0) is 61.6 Å². The molecule has 1 N–H and O–H groups in total. The first-order chi connectivity index (χ1) is 14.0. The summed E-state index contributed by atoms with van der Waals surface area (Å²) < 4.78 is 15.0. The number of aryl methyl sites for hydroxylation is 1. The lowest BCUT2D eigenvalue weighted by atomic mass is 9.88. The van der Waals surface area contributed by atoms with Gasteiger partial charge in [-0.15, -0.1) is 10.2 Å². The minimum Gasteiger partial charge on any atom is -0.348 e. The molecule has 0 saturated heterocycles. The second kappa shape index (κ2) is 8.37. The highest BCUT2D eigenvalue weighted by molar-refractivity contribution is 8.00. The van der Waals surface area contributed by atoms with Gasteiger partial charge in [0.15, 0.2) is 11.0 Å². The molecule has 0 saturated carbocycles. The van der Waals surface area contributed by atoms with Crippen molar-refractivity contribution in [2.75, 3.05) is 0 Å². The van der Waals surface area contributed by atoms with Gasteiger partial charge in [0, 0.05) is 12.6 Å². The Kier molecular flexibility index (Phi) is 5.67. The lowest BCUT2D eigenvalue weighted by molar-refractivity contribution is -0.121. The third-order valence-corrected chi connectivity index (χ3v) is 6.41. The van der Waals surface area contributed by atoms with Crippen LogP contribution in [-0.4, -0.2) is 25.9 Å². The molecule has 3 aromatic rings. The monoisotopic (exact) mass is 410 g/mol. The molecule has 0 radical (unpaired) electrons. The molecule has 4 rings (SSSR count). The second-order valence-corrected chi connectivity index (χ2v) is 8.59.